The van der Waals surface area contributed by atoms with Gasteiger partial charge >= 0.3 is 0 Å². The van der Waals surface area contributed by atoms with Crippen molar-refractivity contribution in [2.45, 2.75) is 67.7 Å². The number of hydrogen-bond acceptors (Lipinski definition) is 6. The predicted molar refractivity (Wildman–Crippen MR) is 138 cm³/mol. The molecule has 3 aromatic rings. The minimum atomic E-state index is -0.963. The summed E-state index contributed by atoms with van der Waals surface area (Å²) < 4.78 is 6.58. The SMILES string of the molecule is O=C(N[C@@H]1CC[C@@]2(O)[C@H]3Cc4ccc(O)c5c4[C@@]2(CCN3CC2CC2)[C@H]1O5)c1nccc2ccccc12. The minimum Gasteiger partial charge on any atom is -0.504 e. The molecular formula is C30H31N3O4. The third kappa shape index (κ3) is 2.84. The maximum atomic E-state index is 13.6. The second-order valence-corrected chi connectivity index (χ2v) is 11.8. The van der Waals surface area contributed by atoms with Gasteiger partial charge in [0.2, 0.25) is 0 Å². The van der Waals surface area contributed by atoms with Crippen molar-refractivity contribution in [2.24, 2.45) is 5.92 Å². The van der Waals surface area contributed by atoms with E-state index < -0.39 is 17.1 Å². The lowest BCUT2D eigenvalue weighted by atomic mass is 9.48. The monoisotopic (exact) mass is 497 g/mol. The largest absolute Gasteiger partial charge is 0.504 e. The fourth-order valence-corrected chi connectivity index (χ4v) is 8.17. The van der Waals surface area contributed by atoms with Gasteiger partial charge < -0.3 is 20.3 Å². The average molecular weight is 498 g/mol. The van der Waals surface area contributed by atoms with Crippen LogP contribution in [-0.4, -0.2) is 62.9 Å². The molecule has 7 nitrogen and oxygen atoms in total. The van der Waals surface area contributed by atoms with Crippen LogP contribution in [0.25, 0.3) is 10.8 Å². The first-order valence-electron chi connectivity index (χ1n) is 13.6. The molecule has 37 heavy (non-hydrogen) atoms. The fraction of sp³-hybridized carbons (Fsp3) is 0.467. The molecule has 1 spiro atoms. The highest BCUT2D eigenvalue weighted by Crippen LogP contribution is 2.65. The van der Waals surface area contributed by atoms with Crippen LogP contribution in [0.2, 0.25) is 0 Å². The van der Waals surface area contributed by atoms with E-state index in [1.165, 1.54) is 12.8 Å². The van der Waals surface area contributed by atoms with Crippen molar-refractivity contribution in [3.63, 3.8) is 0 Å². The average Bonchev–Trinajstić information content (AvgIpc) is 3.65. The Labute approximate surface area is 215 Å². The number of hydrogen-bond donors (Lipinski definition) is 3. The molecule has 1 amide bonds. The number of ether oxygens (including phenoxy) is 1. The van der Waals surface area contributed by atoms with Crippen LogP contribution in [0.5, 0.6) is 11.5 Å². The van der Waals surface area contributed by atoms with Gasteiger partial charge in [-0.15, -0.1) is 0 Å². The number of nitrogens with one attached hydrogen (secondary N) is 1. The summed E-state index contributed by atoms with van der Waals surface area (Å²) >= 11 is 0. The zero-order valence-corrected chi connectivity index (χ0v) is 20.7. The fourth-order valence-electron chi connectivity index (χ4n) is 8.17. The van der Waals surface area contributed by atoms with Crippen molar-refractivity contribution in [2.75, 3.05) is 13.1 Å². The molecule has 2 saturated carbocycles. The number of amides is 1. The Morgan fingerprint density at radius 3 is 2.86 bits per heavy atom. The van der Waals surface area contributed by atoms with Gasteiger partial charge in [-0.25, -0.2) is 0 Å². The van der Waals surface area contributed by atoms with Crippen LogP contribution in [0.4, 0.5) is 0 Å². The first-order valence-corrected chi connectivity index (χ1v) is 13.6. The van der Waals surface area contributed by atoms with Gasteiger partial charge in [0.1, 0.15) is 11.8 Å². The molecule has 190 valence electrons. The molecule has 5 aliphatic rings. The minimum absolute atomic E-state index is 0.0207. The smallest absolute Gasteiger partial charge is 0.270 e. The van der Waals surface area contributed by atoms with E-state index in [2.05, 4.69) is 15.2 Å². The van der Waals surface area contributed by atoms with Crippen LogP contribution in [0, 0.1) is 5.92 Å². The van der Waals surface area contributed by atoms with Gasteiger partial charge in [0.25, 0.3) is 5.91 Å². The number of aliphatic hydroxyl groups is 1. The summed E-state index contributed by atoms with van der Waals surface area (Å²) in [7, 11) is 0. The quantitative estimate of drug-likeness (QED) is 0.512. The molecular weight excluding hydrogens is 466 g/mol. The highest BCUT2D eigenvalue weighted by atomic mass is 16.5. The molecule has 3 heterocycles. The van der Waals surface area contributed by atoms with Crippen molar-refractivity contribution in [1.82, 2.24) is 15.2 Å². The number of aromatic nitrogens is 1. The number of phenols is 1. The number of pyridine rings is 1. The number of fused-ring (bicyclic) bond motifs is 1. The van der Waals surface area contributed by atoms with Gasteiger partial charge in [-0.2, -0.15) is 0 Å². The Morgan fingerprint density at radius 2 is 2.00 bits per heavy atom. The lowest BCUT2D eigenvalue weighted by molar-refractivity contribution is -0.191. The molecule has 7 heteroatoms. The van der Waals surface area contributed by atoms with Gasteiger partial charge in [0.05, 0.1) is 17.1 Å². The van der Waals surface area contributed by atoms with E-state index in [0.717, 1.165) is 53.7 Å². The maximum absolute atomic E-state index is 13.6. The van der Waals surface area contributed by atoms with Crippen LogP contribution in [0.1, 0.15) is 53.7 Å². The summed E-state index contributed by atoms with van der Waals surface area (Å²) in [5.74, 6) is 1.13. The summed E-state index contributed by atoms with van der Waals surface area (Å²) in [5.41, 5.74) is 0.923. The van der Waals surface area contributed by atoms with Gasteiger partial charge in [-0.05, 0) is 74.1 Å². The maximum Gasteiger partial charge on any atom is 0.270 e. The van der Waals surface area contributed by atoms with Gasteiger partial charge in [-0.1, -0.05) is 30.3 Å². The molecule has 0 radical (unpaired) electrons. The van der Waals surface area contributed by atoms with Crippen molar-refractivity contribution in [3.05, 3.63) is 65.5 Å². The number of nitrogens with zero attached hydrogens (tertiary/aromatic N) is 2. The third-order valence-electron chi connectivity index (χ3n) is 9.97. The Hall–Kier alpha value is -3.16. The molecule has 8 rings (SSSR count). The van der Waals surface area contributed by atoms with E-state index in [1.807, 2.05) is 36.4 Å². The zero-order chi connectivity index (χ0) is 24.9. The van der Waals surface area contributed by atoms with E-state index >= 15 is 0 Å². The van der Waals surface area contributed by atoms with E-state index in [1.54, 1.807) is 12.3 Å². The number of likely N-dealkylation sites (tertiary alicyclic amines) is 1. The van der Waals surface area contributed by atoms with Gasteiger partial charge in [0, 0.05) is 29.7 Å². The number of benzene rings is 2. The molecule has 1 saturated heterocycles. The number of piperidine rings is 1. The lowest BCUT2D eigenvalue weighted by Gasteiger charge is -2.64. The summed E-state index contributed by atoms with van der Waals surface area (Å²) in [6.45, 7) is 1.94. The van der Waals surface area contributed by atoms with Gasteiger partial charge in [-0.3, -0.25) is 14.7 Å². The predicted octanol–water partition coefficient (Wildman–Crippen LogP) is 3.30. The number of phenolic OH excluding ortho intramolecular Hbond substituents is 1. The van der Waals surface area contributed by atoms with Crippen molar-refractivity contribution < 1.29 is 19.7 Å². The molecule has 3 aliphatic carbocycles. The van der Waals surface area contributed by atoms with Gasteiger partial charge in [0.15, 0.2) is 11.5 Å². The standard InChI is InChI=1S/C30H31N3O4/c34-22-8-7-19-15-23-30(36)11-9-21(32-28(35)25-20-4-2-1-3-18(20)10-13-31-25)27-29(30,24(19)26(22)37-27)12-14-33(23)16-17-5-6-17/h1-4,7-8,10,13,17,21,23,27,34,36H,5-6,9,11-12,14-16H2,(H,32,35)/t21-,23-,27+,29+,30-/m1/s1. The Kier molecular flexibility index (Phi) is 4.41. The molecule has 2 bridgehead atoms. The Bertz CT molecular complexity index is 1450. The summed E-state index contributed by atoms with van der Waals surface area (Å²) in [5, 5.41) is 28.4. The molecule has 3 fully saturated rings. The molecule has 1 aromatic heterocycles. The van der Waals surface area contributed by atoms with Crippen LogP contribution in [-0.2, 0) is 11.8 Å². The Morgan fingerprint density at radius 1 is 1.14 bits per heavy atom. The molecule has 2 aliphatic heterocycles. The second kappa shape index (κ2) is 7.45. The number of carbonyl (C=O) groups is 1. The lowest BCUT2D eigenvalue weighted by Crippen LogP contribution is -2.78. The van der Waals surface area contributed by atoms with E-state index in [-0.39, 0.29) is 23.7 Å². The van der Waals surface area contributed by atoms with Crippen LogP contribution in [0.3, 0.4) is 0 Å². The van der Waals surface area contributed by atoms with E-state index in [9.17, 15) is 15.0 Å². The summed E-state index contributed by atoms with van der Waals surface area (Å²) in [6, 6.07) is 13.1. The molecule has 3 N–H and O–H groups in total. The summed E-state index contributed by atoms with van der Waals surface area (Å²) in [4.78, 5) is 20.5. The highest BCUT2D eigenvalue weighted by Gasteiger charge is 2.73. The normalized spacial score (nSPS) is 33.6. The van der Waals surface area contributed by atoms with Crippen LogP contribution >= 0.6 is 0 Å². The van der Waals surface area contributed by atoms with E-state index in [0.29, 0.717) is 24.3 Å². The highest BCUT2D eigenvalue weighted by molar-refractivity contribution is 6.05. The molecule has 2 aromatic carbocycles. The second-order valence-electron chi connectivity index (χ2n) is 11.8. The molecule has 0 unspecified atom stereocenters. The van der Waals surface area contributed by atoms with Crippen LogP contribution < -0.4 is 10.1 Å². The number of rotatable bonds is 4. The first kappa shape index (κ1) is 21.9. The number of aromatic hydroxyl groups is 1. The molecule has 5 atom stereocenters. The van der Waals surface area contributed by atoms with E-state index in [4.69, 9.17) is 4.74 Å². The van der Waals surface area contributed by atoms with Crippen molar-refractivity contribution >= 4 is 16.7 Å². The summed E-state index contributed by atoms with van der Waals surface area (Å²) in [6.07, 6.45) is 6.49. The topological polar surface area (TPSA) is 94.9 Å². The third-order valence-corrected chi connectivity index (χ3v) is 9.97. The van der Waals surface area contributed by atoms with Crippen LogP contribution in [0.15, 0.2) is 48.7 Å². The number of carbonyl (C=O) groups excluding carboxylic acids is 1. The Balaban J connectivity index is 1.20. The zero-order valence-electron chi connectivity index (χ0n) is 20.7. The van der Waals surface area contributed by atoms with Crippen molar-refractivity contribution in [1.29, 1.82) is 0 Å². The van der Waals surface area contributed by atoms with Crippen molar-refractivity contribution in [3.8, 4) is 11.5 Å². The first-order chi connectivity index (χ1) is 18.0.